The maximum absolute atomic E-state index is 15.5. The van der Waals surface area contributed by atoms with Crippen LogP contribution in [0, 0.1) is 34.5 Å². The molecular weight excluding hydrogens is 463 g/mol. The first-order chi connectivity index (χ1) is 12.0. The first-order valence-electron chi connectivity index (χ1n) is 10.3. The van der Waals surface area contributed by atoms with E-state index in [2.05, 4.69) is 52.6 Å². The third-order valence-corrected chi connectivity index (χ3v) is 10.8. The lowest BCUT2D eigenvalue weighted by molar-refractivity contribution is -0.232. The summed E-state index contributed by atoms with van der Waals surface area (Å²) in [5, 5.41) is 11.4. The van der Waals surface area contributed by atoms with Gasteiger partial charge in [0.2, 0.25) is 0 Å². The topological polar surface area (TPSA) is 37.3 Å². The van der Waals surface area contributed by atoms with Gasteiger partial charge >= 0.3 is 0 Å². The Bertz CT molecular complexity index is 625. The molecule has 8 atom stereocenters. The highest BCUT2D eigenvalue weighted by Crippen LogP contribution is 2.70. The van der Waals surface area contributed by atoms with Gasteiger partial charge < -0.3 is 5.11 Å². The predicted octanol–water partition coefficient (Wildman–Crippen LogP) is 5.78. The minimum Gasteiger partial charge on any atom is -0.386 e. The summed E-state index contributed by atoms with van der Waals surface area (Å²) in [6.45, 7) is 6.78. The normalized spacial score (nSPS) is 55.8. The van der Waals surface area contributed by atoms with Crippen molar-refractivity contribution in [2.75, 3.05) is 0 Å². The second-order valence-corrected chi connectivity index (χ2v) is 13.9. The van der Waals surface area contributed by atoms with E-state index >= 15 is 4.39 Å². The quantitative estimate of drug-likeness (QED) is 0.470. The van der Waals surface area contributed by atoms with Crippen LogP contribution in [0.1, 0.15) is 72.1 Å². The molecule has 0 aromatic heterocycles. The lowest BCUT2D eigenvalue weighted by Gasteiger charge is -2.65. The molecule has 0 amide bonds. The van der Waals surface area contributed by atoms with Gasteiger partial charge in [-0.05, 0) is 67.6 Å². The minimum atomic E-state index is -1.52. The van der Waals surface area contributed by atoms with Crippen molar-refractivity contribution in [3.63, 3.8) is 0 Å². The summed E-state index contributed by atoms with van der Waals surface area (Å²) < 4.78 is 14.6. The number of halogens is 3. The number of carbonyl (C=O) groups is 1. The van der Waals surface area contributed by atoms with Crippen LogP contribution in [0.2, 0.25) is 0 Å². The Morgan fingerprint density at radius 2 is 1.88 bits per heavy atom. The standard InChI is InChI=1S/C21H31Br2FO2/c1-4-12-5-6-14-13-9-16(24)20(26)10-17(25)21(22,23)11-19(20,3)15(13)7-8-18(12,14)2/h12-16,26H,4-11H2,1-3H3/t12-,13-,14-,15-,16?,18+,19+,20?/m0/s1. The predicted molar refractivity (Wildman–Crippen MR) is 108 cm³/mol. The zero-order chi connectivity index (χ0) is 19.1. The molecule has 4 aliphatic carbocycles. The highest BCUT2D eigenvalue weighted by molar-refractivity contribution is 9.25. The summed E-state index contributed by atoms with van der Waals surface area (Å²) in [6, 6.07) is 0. The number of aliphatic hydroxyl groups is 1. The SMILES string of the molecule is CC[C@H]1CC[C@H]2[C@@H]3CC(F)C4(O)CC(=O)C(Br)(Br)C[C@]4(C)[C@H]3CC[C@]12C. The Morgan fingerprint density at radius 3 is 2.54 bits per heavy atom. The van der Waals surface area contributed by atoms with Crippen LogP contribution >= 0.6 is 31.9 Å². The van der Waals surface area contributed by atoms with E-state index < -0.39 is 20.4 Å². The molecule has 4 fully saturated rings. The van der Waals surface area contributed by atoms with Crippen molar-refractivity contribution in [1.29, 1.82) is 0 Å². The smallest absolute Gasteiger partial charge is 0.163 e. The van der Waals surface area contributed by atoms with Crippen molar-refractivity contribution in [3.05, 3.63) is 0 Å². The molecule has 5 heteroatoms. The molecule has 0 aromatic rings. The molecule has 0 aromatic carbocycles. The highest BCUT2D eigenvalue weighted by Gasteiger charge is 2.70. The largest absolute Gasteiger partial charge is 0.386 e. The van der Waals surface area contributed by atoms with Gasteiger partial charge in [-0.2, -0.15) is 0 Å². The molecule has 4 saturated carbocycles. The van der Waals surface area contributed by atoms with Crippen LogP contribution in [-0.4, -0.2) is 25.9 Å². The van der Waals surface area contributed by atoms with Gasteiger partial charge in [0.1, 0.15) is 15.0 Å². The van der Waals surface area contributed by atoms with Gasteiger partial charge in [0, 0.05) is 11.8 Å². The Kier molecular flexibility index (Phi) is 4.58. The van der Waals surface area contributed by atoms with Crippen molar-refractivity contribution in [1.82, 2.24) is 0 Å². The van der Waals surface area contributed by atoms with Crippen molar-refractivity contribution in [2.24, 2.45) is 34.5 Å². The summed E-state index contributed by atoms with van der Waals surface area (Å²) in [5.74, 6) is 1.79. The molecule has 0 radical (unpaired) electrons. The number of fused-ring (bicyclic) bond motifs is 5. The van der Waals surface area contributed by atoms with E-state index in [9.17, 15) is 9.90 Å². The lowest BCUT2D eigenvalue weighted by atomic mass is 9.43. The molecule has 2 unspecified atom stereocenters. The third-order valence-electron chi connectivity index (χ3n) is 9.36. The van der Waals surface area contributed by atoms with E-state index in [1.54, 1.807) is 0 Å². The van der Waals surface area contributed by atoms with Crippen LogP contribution < -0.4 is 0 Å². The molecule has 0 heterocycles. The average molecular weight is 494 g/mol. The minimum absolute atomic E-state index is 0.0933. The van der Waals surface area contributed by atoms with Crippen LogP contribution in [-0.2, 0) is 4.79 Å². The number of alkyl halides is 3. The van der Waals surface area contributed by atoms with E-state index in [-0.39, 0.29) is 18.1 Å². The molecule has 0 aliphatic heterocycles. The zero-order valence-corrected chi connectivity index (χ0v) is 19.2. The molecule has 4 aliphatic rings. The van der Waals surface area contributed by atoms with Crippen molar-refractivity contribution < 1.29 is 14.3 Å². The molecule has 1 N–H and O–H groups in total. The van der Waals surface area contributed by atoms with Gasteiger partial charge in [-0.15, -0.1) is 0 Å². The molecule has 0 spiro atoms. The number of rotatable bonds is 1. The number of hydrogen-bond acceptors (Lipinski definition) is 2. The van der Waals surface area contributed by atoms with Gasteiger partial charge in [0.25, 0.3) is 0 Å². The highest BCUT2D eigenvalue weighted by atomic mass is 79.9. The number of carbonyl (C=O) groups excluding carboxylic acids is 1. The summed E-state index contributed by atoms with van der Waals surface area (Å²) >= 11 is 7.07. The third kappa shape index (κ3) is 2.38. The van der Waals surface area contributed by atoms with Crippen LogP contribution in [0.4, 0.5) is 4.39 Å². The van der Waals surface area contributed by atoms with Gasteiger partial charge in [0.15, 0.2) is 5.78 Å². The van der Waals surface area contributed by atoms with E-state index in [0.717, 1.165) is 12.3 Å². The lowest BCUT2D eigenvalue weighted by Crippen LogP contribution is -2.69. The summed E-state index contributed by atoms with van der Waals surface area (Å²) in [5.41, 5.74) is -1.78. The summed E-state index contributed by atoms with van der Waals surface area (Å²) in [4.78, 5) is 12.5. The fourth-order valence-corrected chi connectivity index (χ4v) is 9.28. The van der Waals surface area contributed by atoms with E-state index in [4.69, 9.17) is 0 Å². The van der Waals surface area contributed by atoms with Gasteiger partial charge in [-0.25, -0.2) is 4.39 Å². The molecule has 26 heavy (non-hydrogen) atoms. The van der Waals surface area contributed by atoms with Crippen molar-refractivity contribution in [2.45, 2.75) is 87.1 Å². The van der Waals surface area contributed by atoms with Gasteiger partial charge in [-0.1, -0.05) is 59.1 Å². The van der Waals surface area contributed by atoms with Crippen LogP contribution in [0.25, 0.3) is 0 Å². The number of Topliss-reactive ketones (excluding diaryl/α,β-unsaturated/α-hetero) is 1. The fourth-order valence-electron chi connectivity index (χ4n) is 7.83. The fraction of sp³-hybridized carbons (Fsp3) is 0.952. The zero-order valence-electron chi connectivity index (χ0n) is 16.0. The van der Waals surface area contributed by atoms with E-state index in [1.165, 1.54) is 25.7 Å². The van der Waals surface area contributed by atoms with Crippen LogP contribution in [0.15, 0.2) is 0 Å². The Morgan fingerprint density at radius 1 is 1.19 bits per heavy atom. The molecular formula is C21H31Br2FO2. The number of hydrogen-bond donors (Lipinski definition) is 1. The van der Waals surface area contributed by atoms with Crippen molar-refractivity contribution in [3.8, 4) is 0 Å². The first-order valence-corrected chi connectivity index (χ1v) is 11.9. The van der Waals surface area contributed by atoms with Crippen molar-refractivity contribution >= 4 is 37.6 Å². The molecule has 2 nitrogen and oxygen atoms in total. The molecule has 0 bridgehead atoms. The van der Waals surface area contributed by atoms with E-state index in [1.807, 2.05) is 0 Å². The Hall–Kier alpha value is 0.520. The molecule has 148 valence electrons. The van der Waals surface area contributed by atoms with Crippen LogP contribution in [0.5, 0.6) is 0 Å². The number of ketones is 1. The maximum Gasteiger partial charge on any atom is 0.163 e. The first kappa shape index (κ1) is 19.8. The molecule has 4 rings (SSSR count). The average Bonchev–Trinajstić information content (AvgIpc) is 2.88. The van der Waals surface area contributed by atoms with Gasteiger partial charge in [0.05, 0.1) is 0 Å². The second kappa shape index (κ2) is 6.01. The maximum atomic E-state index is 15.5. The monoisotopic (exact) mass is 492 g/mol. The Balaban J connectivity index is 1.74. The summed E-state index contributed by atoms with van der Waals surface area (Å²) in [6.07, 6.45) is 5.37. The Labute approximate surface area is 173 Å². The van der Waals surface area contributed by atoms with E-state index in [0.29, 0.717) is 30.1 Å². The van der Waals surface area contributed by atoms with Crippen LogP contribution in [0.3, 0.4) is 0 Å². The molecule has 0 saturated heterocycles. The summed E-state index contributed by atoms with van der Waals surface area (Å²) in [7, 11) is 0. The second-order valence-electron chi connectivity index (χ2n) is 10.1. The van der Waals surface area contributed by atoms with Gasteiger partial charge in [-0.3, -0.25) is 4.79 Å².